The first-order valence-corrected chi connectivity index (χ1v) is 8.96. The fourth-order valence-electron chi connectivity index (χ4n) is 2.83. The molecular formula is C21H30IN3O3. The molecule has 7 heteroatoms. The highest BCUT2D eigenvalue weighted by Crippen LogP contribution is 2.28. The molecule has 0 aliphatic heterocycles. The van der Waals surface area contributed by atoms with Crippen LogP contribution >= 0.6 is 24.0 Å². The second kappa shape index (κ2) is 12.3. The van der Waals surface area contributed by atoms with Crippen molar-refractivity contribution in [1.82, 2.24) is 10.2 Å². The summed E-state index contributed by atoms with van der Waals surface area (Å²) in [5, 5.41) is 3.39. The lowest BCUT2D eigenvalue weighted by atomic mass is 10.2. The van der Waals surface area contributed by atoms with Crippen molar-refractivity contribution in [2.24, 2.45) is 4.99 Å². The van der Waals surface area contributed by atoms with E-state index in [1.807, 2.05) is 50.4 Å². The van der Waals surface area contributed by atoms with E-state index < -0.39 is 0 Å². The molecule has 0 bridgehead atoms. The maximum atomic E-state index is 5.65. The molecule has 0 saturated heterocycles. The van der Waals surface area contributed by atoms with Gasteiger partial charge in [0.25, 0.3) is 0 Å². The van der Waals surface area contributed by atoms with E-state index in [0.717, 1.165) is 34.3 Å². The monoisotopic (exact) mass is 499 g/mol. The van der Waals surface area contributed by atoms with Gasteiger partial charge in [-0.25, -0.2) is 0 Å². The number of nitrogens with zero attached hydrogens (tertiary/aromatic N) is 2. The second-order valence-electron chi connectivity index (χ2n) is 5.99. The summed E-state index contributed by atoms with van der Waals surface area (Å²) in [5.41, 5.74) is 2.19. The Morgan fingerprint density at radius 2 is 1.75 bits per heavy atom. The lowest BCUT2D eigenvalue weighted by Gasteiger charge is -2.23. The highest BCUT2D eigenvalue weighted by atomic mass is 127. The van der Waals surface area contributed by atoms with Crippen LogP contribution in [0.3, 0.4) is 0 Å². The largest absolute Gasteiger partial charge is 0.496 e. The number of ether oxygens (including phenoxy) is 3. The van der Waals surface area contributed by atoms with Gasteiger partial charge >= 0.3 is 0 Å². The Balaban J connectivity index is 0.00000392. The van der Waals surface area contributed by atoms with Crippen molar-refractivity contribution in [1.29, 1.82) is 0 Å². The lowest BCUT2D eigenvalue weighted by molar-refractivity contribution is 0.310. The summed E-state index contributed by atoms with van der Waals surface area (Å²) in [6, 6.07) is 13.9. The summed E-state index contributed by atoms with van der Waals surface area (Å²) < 4.78 is 16.4. The van der Waals surface area contributed by atoms with Gasteiger partial charge in [0, 0.05) is 32.7 Å². The third kappa shape index (κ3) is 6.47. The molecule has 0 atom stereocenters. The SMILES string of the molecule is CCOc1cc(CNC(=NC)N(C)Cc2ccccc2OC)ccc1OC.I. The van der Waals surface area contributed by atoms with E-state index in [1.165, 1.54) is 0 Å². The summed E-state index contributed by atoms with van der Waals surface area (Å²) in [5.74, 6) is 3.15. The van der Waals surface area contributed by atoms with Gasteiger partial charge in [-0.3, -0.25) is 4.99 Å². The Hall–Kier alpha value is -2.16. The number of nitrogens with one attached hydrogen (secondary N) is 1. The Labute approximate surface area is 184 Å². The van der Waals surface area contributed by atoms with Crippen molar-refractivity contribution in [2.75, 3.05) is 34.9 Å². The molecule has 0 spiro atoms. The number of guanidine groups is 1. The van der Waals surface area contributed by atoms with Crippen LogP contribution in [0.25, 0.3) is 0 Å². The predicted octanol–water partition coefficient (Wildman–Crippen LogP) is 3.93. The summed E-state index contributed by atoms with van der Waals surface area (Å²) in [6.45, 7) is 3.87. The first-order chi connectivity index (χ1) is 13.1. The van der Waals surface area contributed by atoms with Crippen molar-refractivity contribution >= 4 is 29.9 Å². The highest BCUT2D eigenvalue weighted by molar-refractivity contribution is 14.0. The van der Waals surface area contributed by atoms with Gasteiger partial charge in [0.15, 0.2) is 17.5 Å². The standard InChI is InChI=1S/C21H29N3O3.HI/c1-6-27-20-13-16(11-12-19(20)26-5)14-23-21(22-2)24(3)15-17-9-7-8-10-18(17)25-4;/h7-13H,6,14-15H2,1-5H3,(H,22,23);1H. The minimum Gasteiger partial charge on any atom is -0.496 e. The number of methoxy groups -OCH3 is 2. The molecule has 0 saturated carbocycles. The number of aliphatic imine (C=N–C) groups is 1. The van der Waals surface area contributed by atoms with Crippen LogP contribution < -0.4 is 19.5 Å². The van der Waals surface area contributed by atoms with Gasteiger partial charge in [-0.15, -0.1) is 24.0 Å². The number of rotatable bonds is 8. The topological polar surface area (TPSA) is 55.3 Å². The fourth-order valence-corrected chi connectivity index (χ4v) is 2.83. The molecule has 154 valence electrons. The van der Waals surface area contributed by atoms with E-state index in [4.69, 9.17) is 14.2 Å². The summed E-state index contributed by atoms with van der Waals surface area (Å²) >= 11 is 0. The van der Waals surface area contributed by atoms with Crippen molar-refractivity contribution in [3.63, 3.8) is 0 Å². The lowest BCUT2D eigenvalue weighted by Crippen LogP contribution is -2.38. The summed E-state index contributed by atoms with van der Waals surface area (Å²) in [4.78, 5) is 6.44. The summed E-state index contributed by atoms with van der Waals surface area (Å²) in [6.07, 6.45) is 0. The molecular weight excluding hydrogens is 469 g/mol. The molecule has 0 unspecified atom stereocenters. The molecule has 6 nitrogen and oxygen atoms in total. The molecule has 1 N–H and O–H groups in total. The van der Waals surface area contributed by atoms with E-state index in [1.54, 1.807) is 21.3 Å². The van der Waals surface area contributed by atoms with Crippen molar-refractivity contribution in [3.05, 3.63) is 53.6 Å². The van der Waals surface area contributed by atoms with Crippen LogP contribution in [0.5, 0.6) is 17.2 Å². The van der Waals surface area contributed by atoms with Gasteiger partial charge in [0.1, 0.15) is 5.75 Å². The third-order valence-corrected chi connectivity index (χ3v) is 4.15. The number of para-hydroxylation sites is 1. The van der Waals surface area contributed by atoms with Crippen molar-refractivity contribution in [2.45, 2.75) is 20.0 Å². The first-order valence-electron chi connectivity index (χ1n) is 8.96. The molecule has 28 heavy (non-hydrogen) atoms. The zero-order chi connectivity index (χ0) is 19.6. The Morgan fingerprint density at radius 3 is 2.39 bits per heavy atom. The zero-order valence-electron chi connectivity index (χ0n) is 17.2. The Kier molecular flexibility index (Phi) is 10.5. The van der Waals surface area contributed by atoms with Crippen LogP contribution in [0.2, 0.25) is 0 Å². The average Bonchev–Trinajstić information content (AvgIpc) is 2.69. The molecule has 0 fully saturated rings. The summed E-state index contributed by atoms with van der Waals surface area (Å²) in [7, 11) is 7.11. The van der Waals surface area contributed by atoms with Crippen LogP contribution in [0.1, 0.15) is 18.1 Å². The minimum atomic E-state index is 0. The third-order valence-electron chi connectivity index (χ3n) is 4.15. The first kappa shape index (κ1) is 23.9. The molecule has 0 radical (unpaired) electrons. The molecule has 2 rings (SSSR count). The fraction of sp³-hybridized carbons (Fsp3) is 0.381. The smallest absolute Gasteiger partial charge is 0.193 e. The van der Waals surface area contributed by atoms with Crippen LogP contribution in [-0.4, -0.2) is 45.8 Å². The number of benzene rings is 2. The molecule has 0 amide bonds. The number of halogens is 1. The Morgan fingerprint density at radius 1 is 1.04 bits per heavy atom. The molecule has 2 aromatic carbocycles. The van der Waals surface area contributed by atoms with E-state index in [-0.39, 0.29) is 24.0 Å². The van der Waals surface area contributed by atoms with Gasteiger partial charge in [-0.05, 0) is 30.7 Å². The van der Waals surface area contributed by atoms with Gasteiger partial charge in [0.05, 0.1) is 20.8 Å². The normalized spacial score (nSPS) is 10.7. The predicted molar refractivity (Wildman–Crippen MR) is 124 cm³/mol. The van der Waals surface area contributed by atoms with Crippen LogP contribution in [0.15, 0.2) is 47.5 Å². The van der Waals surface area contributed by atoms with Gasteiger partial charge in [-0.2, -0.15) is 0 Å². The van der Waals surface area contributed by atoms with Crippen LogP contribution in [0, 0.1) is 0 Å². The quantitative estimate of drug-likeness (QED) is 0.339. The molecule has 0 aliphatic carbocycles. The Bertz CT molecular complexity index is 768. The molecule has 0 aromatic heterocycles. The molecule has 0 aliphatic rings. The maximum Gasteiger partial charge on any atom is 0.193 e. The van der Waals surface area contributed by atoms with Crippen molar-refractivity contribution in [3.8, 4) is 17.2 Å². The van der Waals surface area contributed by atoms with Crippen LogP contribution in [0.4, 0.5) is 0 Å². The van der Waals surface area contributed by atoms with E-state index in [2.05, 4.69) is 21.3 Å². The van der Waals surface area contributed by atoms with E-state index >= 15 is 0 Å². The zero-order valence-corrected chi connectivity index (χ0v) is 19.5. The highest BCUT2D eigenvalue weighted by Gasteiger charge is 2.11. The van der Waals surface area contributed by atoms with Gasteiger partial charge < -0.3 is 24.4 Å². The minimum absolute atomic E-state index is 0. The van der Waals surface area contributed by atoms with E-state index in [9.17, 15) is 0 Å². The average molecular weight is 499 g/mol. The second-order valence-corrected chi connectivity index (χ2v) is 5.99. The maximum absolute atomic E-state index is 5.65. The van der Waals surface area contributed by atoms with Crippen molar-refractivity contribution < 1.29 is 14.2 Å². The van der Waals surface area contributed by atoms with Gasteiger partial charge in [-0.1, -0.05) is 24.3 Å². The van der Waals surface area contributed by atoms with Crippen LogP contribution in [-0.2, 0) is 13.1 Å². The van der Waals surface area contributed by atoms with Gasteiger partial charge in [0.2, 0.25) is 0 Å². The number of hydrogen-bond donors (Lipinski definition) is 1. The number of hydrogen-bond acceptors (Lipinski definition) is 4. The molecule has 0 heterocycles. The molecule has 2 aromatic rings. The van der Waals surface area contributed by atoms with E-state index in [0.29, 0.717) is 19.7 Å².